The lowest BCUT2D eigenvalue weighted by Crippen LogP contribution is -2.35. The van der Waals surface area contributed by atoms with E-state index < -0.39 is 24.6 Å². The topological polar surface area (TPSA) is 79.2 Å². The minimum absolute atomic E-state index is 0.321. The highest BCUT2D eigenvalue weighted by atomic mass is 16.7. The summed E-state index contributed by atoms with van der Waals surface area (Å²) in [5.41, 5.74) is 0. The van der Waals surface area contributed by atoms with Crippen LogP contribution < -0.4 is 0 Å². The lowest BCUT2D eigenvalue weighted by Gasteiger charge is -2.14. The average Bonchev–Trinajstić information content (AvgIpc) is 2.26. The number of hydrogen-bond acceptors (Lipinski definition) is 5. The van der Waals surface area contributed by atoms with E-state index in [1.54, 1.807) is 0 Å². The standard InChI is InChI=1S/C6H12O5/c1-10-5-4(8)3(2-7)11-6(5)9/h3-9H,2H2,1H3/t3-,4-,5-,6-/m1/s1. The van der Waals surface area contributed by atoms with Crippen molar-refractivity contribution in [2.45, 2.75) is 24.6 Å². The van der Waals surface area contributed by atoms with Crippen molar-refractivity contribution >= 4 is 0 Å². The van der Waals surface area contributed by atoms with Gasteiger partial charge in [-0.15, -0.1) is 0 Å². The van der Waals surface area contributed by atoms with Crippen molar-refractivity contribution in [1.29, 1.82) is 0 Å². The summed E-state index contributed by atoms with van der Waals surface area (Å²) in [6.07, 6.45) is -3.60. The molecule has 3 N–H and O–H groups in total. The van der Waals surface area contributed by atoms with Gasteiger partial charge < -0.3 is 24.8 Å². The second-order valence-electron chi connectivity index (χ2n) is 2.44. The summed E-state index contributed by atoms with van der Waals surface area (Å²) >= 11 is 0. The molecule has 4 atom stereocenters. The van der Waals surface area contributed by atoms with E-state index in [-0.39, 0.29) is 6.61 Å². The third-order valence-corrected chi connectivity index (χ3v) is 1.76. The van der Waals surface area contributed by atoms with Gasteiger partial charge in [0.1, 0.15) is 18.3 Å². The van der Waals surface area contributed by atoms with Crippen LogP contribution in [0.25, 0.3) is 0 Å². The molecule has 1 fully saturated rings. The van der Waals surface area contributed by atoms with Gasteiger partial charge in [0, 0.05) is 7.11 Å². The lowest BCUT2D eigenvalue weighted by atomic mass is 10.1. The molecule has 1 saturated heterocycles. The molecule has 1 aliphatic heterocycles. The zero-order valence-electron chi connectivity index (χ0n) is 6.17. The minimum Gasteiger partial charge on any atom is -0.394 e. The summed E-state index contributed by atoms with van der Waals surface area (Å²) < 4.78 is 9.49. The van der Waals surface area contributed by atoms with Gasteiger partial charge in [0.05, 0.1) is 6.61 Å². The van der Waals surface area contributed by atoms with Gasteiger partial charge in [-0.1, -0.05) is 0 Å². The number of aliphatic hydroxyl groups excluding tert-OH is 3. The summed E-state index contributed by atoms with van der Waals surface area (Å²) in [6.45, 7) is -0.321. The molecule has 1 rings (SSSR count). The van der Waals surface area contributed by atoms with E-state index in [9.17, 15) is 5.11 Å². The molecule has 0 radical (unpaired) electrons. The molecule has 0 amide bonds. The SMILES string of the molecule is CO[C@@H]1[C@H](O)[C@@H](CO)O[C@H]1O. The zero-order valence-corrected chi connectivity index (χ0v) is 6.17. The van der Waals surface area contributed by atoms with Crippen molar-refractivity contribution in [3.05, 3.63) is 0 Å². The van der Waals surface area contributed by atoms with E-state index in [0.29, 0.717) is 0 Å². The van der Waals surface area contributed by atoms with Crippen LogP contribution in [0.4, 0.5) is 0 Å². The molecule has 0 spiro atoms. The van der Waals surface area contributed by atoms with Gasteiger partial charge in [0.15, 0.2) is 6.29 Å². The molecule has 1 aliphatic rings. The Morgan fingerprint density at radius 1 is 1.45 bits per heavy atom. The van der Waals surface area contributed by atoms with Crippen molar-refractivity contribution in [3.8, 4) is 0 Å². The van der Waals surface area contributed by atoms with Crippen LogP contribution >= 0.6 is 0 Å². The predicted octanol–water partition coefficient (Wildman–Crippen LogP) is -1.93. The molecule has 66 valence electrons. The maximum atomic E-state index is 9.25. The Morgan fingerprint density at radius 2 is 2.09 bits per heavy atom. The van der Waals surface area contributed by atoms with Crippen molar-refractivity contribution < 1.29 is 24.8 Å². The zero-order chi connectivity index (χ0) is 8.43. The summed E-state index contributed by atoms with van der Waals surface area (Å²) in [7, 11) is 1.36. The molecule has 0 unspecified atom stereocenters. The molecule has 0 bridgehead atoms. The molecule has 0 aliphatic carbocycles. The molecule has 5 heteroatoms. The molecule has 0 aromatic heterocycles. The normalized spacial score (nSPS) is 44.7. The van der Waals surface area contributed by atoms with Gasteiger partial charge in [-0.25, -0.2) is 0 Å². The fourth-order valence-corrected chi connectivity index (χ4v) is 1.12. The van der Waals surface area contributed by atoms with Gasteiger partial charge in [-0.05, 0) is 0 Å². The van der Waals surface area contributed by atoms with Crippen molar-refractivity contribution in [1.82, 2.24) is 0 Å². The van der Waals surface area contributed by atoms with Crippen molar-refractivity contribution in [2.24, 2.45) is 0 Å². The lowest BCUT2D eigenvalue weighted by molar-refractivity contribution is -0.139. The third kappa shape index (κ3) is 1.52. The first-order chi connectivity index (χ1) is 5.20. The van der Waals surface area contributed by atoms with E-state index in [2.05, 4.69) is 0 Å². The highest BCUT2D eigenvalue weighted by Gasteiger charge is 2.42. The first-order valence-corrected chi connectivity index (χ1v) is 3.36. The van der Waals surface area contributed by atoms with Crippen LogP contribution in [0.3, 0.4) is 0 Å². The van der Waals surface area contributed by atoms with Gasteiger partial charge in [-0.2, -0.15) is 0 Å². The Labute approximate surface area is 64.2 Å². The molecule has 1 heterocycles. The molecular formula is C6H12O5. The van der Waals surface area contributed by atoms with Crippen LogP contribution in [-0.4, -0.2) is 53.6 Å². The van der Waals surface area contributed by atoms with Crippen molar-refractivity contribution in [3.63, 3.8) is 0 Å². The Bertz CT molecular complexity index is 128. The monoisotopic (exact) mass is 164 g/mol. The Hall–Kier alpha value is -0.200. The van der Waals surface area contributed by atoms with Crippen LogP contribution in [-0.2, 0) is 9.47 Å². The smallest absolute Gasteiger partial charge is 0.184 e. The van der Waals surface area contributed by atoms with Crippen molar-refractivity contribution in [2.75, 3.05) is 13.7 Å². The Kier molecular flexibility index (Phi) is 2.80. The van der Waals surface area contributed by atoms with Crippen LogP contribution in [0, 0.1) is 0 Å². The van der Waals surface area contributed by atoms with E-state index in [1.807, 2.05) is 0 Å². The van der Waals surface area contributed by atoms with Gasteiger partial charge >= 0.3 is 0 Å². The largest absolute Gasteiger partial charge is 0.394 e. The second kappa shape index (κ2) is 3.46. The first-order valence-electron chi connectivity index (χ1n) is 3.36. The average molecular weight is 164 g/mol. The summed E-state index contributed by atoms with van der Waals surface area (Å²) in [5.74, 6) is 0. The Morgan fingerprint density at radius 3 is 2.36 bits per heavy atom. The number of hydrogen-bond donors (Lipinski definition) is 3. The van der Waals surface area contributed by atoms with Crippen LogP contribution in [0.1, 0.15) is 0 Å². The van der Waals surface area contributed by atoms with Gasteiger partial charge in [0.2, 0.25) is 0 Å². The molecular weight excluding hydrogens is 152 g/mol. The molecule has 0 aromatic rings. The quantitative estimate of drug-likeness (QED) is 0.443. The van der Waals surface area contributed by atoms with Crippen LogP contribution in [0.15, 0.2) is 0 Å². The summed E-state index contributed by atoms with van der Waals surface area (Å²) in [6, 6.07) is 0. The molecule has 5 nitrogen and oxygen atoms in total. The van der Waals surface area contributed by atoms with E-state index >= 15 is 0 Å². The number of methoxy groups -OCH3 is 1. The number of aliphatic hydroxyl groups is 3. The number of rotatable bonds is 2. The molecule has 0 saturated carbocycles. The van der Waals surface area contributed by atoms with Crippen LogP contribution in [0.2, 0.25) is 0 Å². The van der Waals surface area contributed by atoms with E-state index in [1.165, 1.54) is 7.11 Å². The summed E-state index contributed by atoms with van der Waals surface area (Å²) in [4.78, 5) is 0. The minimum atomic E-state index is -1.15. The highest BCUT2D eigenvalue weighted by molar-refractivity contribution is 4.86. The maximum Gasteiger partial charge on any atom is 0.184 e. The second-order valence-corrected chi connectivity index (χ2v) is 2.44. The summed E-state index contributed by atoms with van der Waals surface area (Å²) in [5, 5.41) is 26.9. The fourth-order valence-electron chi connectivity index (χ4n) is 1.12. The van der Waals surface area contributed by atoms with Gasteiger partial charge in [0.25, 0.3) is 0 Å². The molecule has 11 heavy (non-hydrogen) atoms. The number of ether oxygens (including phenoxy) is 2. The third-order valence-electron chi connectivity index (χ3n) is 1.76. The first kappa shape index (κ1) is 8.89. The fraction of sp³-hybridized carbons (Fsp3) is 1.00. The highest BCUT2D eigenvalue weighted by Crippen LogP contribution is 2.21. The van der Waals surface area contributed by atoms with E-state index in [0.717, 1.165) is 0 Å². The van der Waals surface area contributed by atoms with Crippen LogP contribution in [0.5, 0.6) is 0 Å². The Balaban J connectivity index is 2.55. The predicted molar refractivity (Wildman–Crippen MR) is 34.8 cm³/mol. The maximum absolute atomic E-state index is 9.25. The molecule has 0 aromatic carbocycles. The van der Waals surface area contributed by atoms with E-state index in [4.69, 9.17) is 19.7 Å². The van der Waals surface area contributed by atoms with Gasteiger partial charge in [-0.3, -0.25) is 0 Å².